The Morgan fingerprint density at radius 3 is 2.22 bits per heavy atom. The van der Waals surface area contributed by atoms with Gasteiger partial charge < -0.3 is 23.8 Å². The molecule has 0 saturated carbocycles. The van der Waals surface area contributed by atoms with Gasteiger partial charge in [0.2, 0.25) is 5.91 Å². The second-order valence-corrected chi connectivity index (χ2v) is 8.64. The van der Waals surface area contributed by atoms with Crippen LogP contribution in [0.3, 0.4) is 0 Å². The molecule has 1 N–H and O–H groups in total. The van der Waals surface area contributed by atoms with Crippen molar-refractivity contribution in [2.75, 3.05) is 38.0 Å². The lowest BCUT2D eigenvalue weighted by molar-refractivity contribution is -0.137. The third-order valence-corrected chi connectivity index (χ3v) is 5.99. The van der Waals surface area contributed by atoms with Crippen molar-refractivity contribution in [2.24, 2.45) is 0 Å². The Morgan fingerprint density at radius 1 is 1.06 bits per heavy atom. The van der Waals surface area contributed by atoms with Crippen molar-refractivity contribution in [3.8, 4) is 5.75 Å². The Kier molecular flexibility index (Phi) is 7.15. The van der Waals surface area contributed by atoms with Crippen LogP contribution in [0.1, 0.15) is 29.8 Å². The number of carbonyl (C=O) groups excluding carboxylic acids is 2. The van der Waals surface area contributed by atoms with E-state index in [-0.39, 0.29) is 29.1 Å². The summed E-state index contributed by atoms with van der Waals surface area (Å²) >= 11 is -2.49. The van der Waals surface area contributed by atoms with Crippen LogP contribution in [-0.2, 0) is 21.5 Å². The molecule has 0 bridgehead atoms. The first-order valence-electron chi connectivity index (χ1n) is 10.0. The fourth-order valence-corrected chi connectivity index (χ4v) is 4.02. The highest BCUT2D eigenvalue weighted by atomic mass is 32.2. The van der Waals surface area contributed by atoms with Crippen molar-refractivity contribution in [1.82, 2.24) is 9.80 Å². The SMILES string of the molecule is COc1cc(NS(=O)[O-])ccc1C(=O)N1CCN(C(=O)C(C)(C)c2ccc(F)cc2)CC1. The summed E-state index contributed by atoms with van der Waals surface area (Å²) in [6.45, 7) is 5.03. The van der Waals surface area contributed by atoms with Crippen LogP contribution in [0, 0.1) is 5.82 Å². The lowest BCUT2D eigenvalue weighted by Crippen LogP contribution is -2.54. The highest BCUT2D eigenvalue weighted by Crippen LogP contribution is 2.28. The first kappa shape index (κ1) is 23.7. The van der Waals surface area contributed by atoms with Gasteiger partial charge in [-0.1, -0.05) is 12.1 Å². The molecule has 8 nitrogen and oxygen atoms in total. The van der Waals surface area contributed by atoms with Gasteiger partial charge in [0.1, 0.15) is 11.6 Å². The van der Waals surface area contributed by atoms with E-state index in [0.29, 0.717) is 31.7 Å². The topological polar surface area (TPSA) is 102 Å². The maximum absolute atomic E-state index is 13.2. The van der Waals surface area contributed by atoms with Crippen molar-refractivity contribution in [1.29, 1.82) is 0 Å². The van der Waals surface area contributed by atoms with Crippen LogP contribution in [-0.4, -0.2) is 63.7 Å². The van der Waals surface area contributed by atoms with Crippen LogP contribution in [0.2, 0.25) is 0 Å². The number of ether oxygens (including phenoxy) is 1. The minimum Gasteiger partial charge on any atom is -0.755 e. The molecule has 1 atom stereocenters. The summed E-state index contributed by atoms with van der Waals surface area (Å²) in [4.78, 5) is 29.5. The van der Waals surface area contributed by atoms with Gasteiger partial charge in [-0.15, -0.1) is 0 Å². The van der Waals surface area contributed by atoms with Crippen LogP contribution in [0.5, 0.6) is 5.75 Å². The Morgan fingerprint density at radius 2 is 1.66 bits per heavy atom. The van der Waals surface area contributed by atoms with E-state index in [4.69, 9.17) is 4.74 Å². The fourth-order valence-electron chi connectivity index (χ4n) is 3.70. The average molecular weight is 463 g/mol. The maximum Gasteiger partial charge on any atom is 0.257 e. The maximum atomic E-state index is 13.2. The van der Waals surface area contributed by atoms with Crippen LogP contribution in [0.25, 0.3) is 0 Å². The van der Waals surface area contributed by atoms with Gasteiger partial charge in [-0.2, -0.15) is 0 Å². The molecule has 1 unspecified atom stereocenters. The van der Waals surface area contributed by atoms with E-state index in [9.17, 15) is 22.7 Å². The highest BCUT2D eigenvalue weighted by Gasteiger charge is 2.36. The van der Waals surface area contributed by atoms with E-state index in [2.05, 4.69) is 4.72 Å². The number of benzene rings is 2. The molecule has 0 aromatic heterocycles. The van der Waals surface area contributed by atoms with E-state index >= 15 is 0 Å². The summed E-state index contributed by atoms with van der Waals surface area (Å²) in [6, 6.07) is 10.3. The molecular weight excluding hydrogens is 437 g/mol. The Bertz CT molecular complexity index is 1020. The van der Waals surface area contributed by atoms with Gasteiger partial charge >= 0.3 is 0 Å². The molecular formula is C22H25FN3O5S-. The molecule has 0 aliphatic carbocycles. The lowest BCUT2D eigenvalue weighted by atomic mass is 9.83. The normalized spacial score (nSPS) is 15.3. The van der Waals surface area contributed by atoms with E-state index in [1.54, 1.807) is 35.8 Å². The van der Waals surface area contributed by atoms with Gasteiger partial charge in [-0.3, -0.25) is 13.8 Å². The quantitative estimate of drug-likeness (QED) is 0.664. The van der Waals surface area contributed by atoms with Crippen molar-refractivity contribution < 1.29 is 27.5 Å². The average Bonchev–Trinajstić information content (AvgIpc) is 2.78. The fraction of sp³-hybridized carbons (Fsp3) is 0.364. The minimum absolute atomic E-state index is 0.0881. The van der Waals surface area contributed by atoms with Gasteiger partial charge in [0.05, 0.1) is 18.1 Å². The molecule has 2 amide bonds. The summed E-state index contributed by atoms with van der Waals surface area (Å²) in [5.74, 6) is -0.456. The zero-order valence-electron chi connectivity index (χ0n) is 18.1. The summed E-state index contributed by atoms with van der Waals surface area (Å²) in [6.07, 6.45) is 0. The molecule has 10 heteroatoms. The molecule has 1 fully saturated rings. The van der Waals surface area contributed by atoms with E-state index < -0.39 is 16.7 Å². The number of methoxy groups -OCH3 is 1. The first-order valence-corrected chi connectivity index (χ1v) is 11.1. The standard InChI is InChI=1S/C22H26FN3O5S/c1-22(2,15-4-6-16(23)7-5-15)21(28)26-12-10-25(11-13-26)20(27)18-9-8-17(24-32(29)30)14-19(18)31-3/h4-9,14,24H,10-13H2,1-3H3,(H,29,30)/p-1. The largest absolute Gasteiger partial charge is 0.755 e. The van der Waals surface area contributed by atoms with Crippen molar-refractivity contribution in [2.45, 2.75) is 19.3 Å². The van der Waals surface area contributed by atoms with Gasteiger partial charge in [-0.05, 0) is 43.7 Å². The molecule has 0 radical (unpaired) electrons. The number of piperazine rings is 1. The second kappa shape index (κ2) is 9.66. The number of nitrogens with zero attached hydrogens (tertiary/aromatic N) is 2. The molecule has 1 heterocycles. The molecule has 2 aromatic carbocycles. The van der Waals surface area contributed by atoms with Crippen molar-refractivity contribution in [3.63, 3.8) is 0 Å². The van der Waals surface area contributed by atoms with E-state index in [1.807, 2.05) is 0 Å². The summed E-state index contributed by atoms with van der Waals surface area (Å²) in [5.41, 5.74) is 0.485. The molecule has 172 valence electrons. The van der Waals surface area contributed by atoms with Crippen LogP contribution in [0.15, 0.2) is 42.5 Å². The number of halogens is 1. The first-order chi connectivity index (χ1) is 15.1. The molecule has 1 aliphatic rings. The third kappa shape index (κ3) is 5.08. The smallest absolute Gasteiger partial charge is 0.257 e. The molecule has 1 saturated heterocycles. The lowest BCUT2D eigenvalue weighted by Gasteiger charge is -2.39. The Balaban J connectivity index is 1.67. The summed E-state index contributed by atoms with van der Waals surface area (Å²) in [5, 5.41) is 0. The number of rotatable bonds is 6. The number of hydrogen-bond acceptors (Lipinski definition) is 5. The number of hydrogen-bond donors (Lipinski definition) is 1. The highest BCUT2D eigenvalue weighted by molar-refractivity contribution is 7.80. The molecule has 2 aromatic rings. The number of amides is 2. The predicted molar refractivity (Wildman–Crippen MR) is 117 cm³/mol. The minimum atomic E-state index is -2.49. The molecule has 1 aliphatic heterocycles. The van der Waals surface area contributed by atoms with Gasteiger partial charge in [0, 0.05) is 49.2 Å². The zero-order valence-corrected chi connectivity index (χ0v) is 18.9. The Labute approximate surface area is 188 Å². The second-order valence-electron chi connectivity index (χ2n) is 7.97. The Hall–Kier alpha value is -2.98. The van der Waals surface area contributed by atoms with Gasteiger partial charge in [0.25, 0.3) is 5.91 Å². The summed E-state index contributed by atoms with van der Waals surface area (Å²) in [7, 11) is 1.40. The van der Waals surface area contributed by atoms with Crippen LogP contribution >= 0.6 is 0 Å². The third-order valence-electron chi connectivity index (χ3n) is 5.59. The zero-order chi connectivity index (χ0) is 23.5. The van der Waals surface area contributed by atoms with E-state index in [0.717, 1.165) is 5.56 Å². The number of anilines is 1. The monoisotopic (exact) mass is 462 g/mol. The van der Waals surface area contributed by atoms with Crippen molar-refractivity contribution >= 4 is 28.8 Å². The number of carbonyl (C=O) groups is 2. The predicted octanol–water partition coefficient (Wildman–Crippen LogP) is 2.30. The molecule has 0 spiro atoms. The van der Waals surface area contributed by atoms with Gasteiger partial charge in [0.15, 0.2) is 0 Å². The van der Waals surface area contributed by atoms with Gasteiger partial charge in [-0.25, -0.2) is 4.39 Å². The summed E-state index contributed by atoms with van der Waals surface area (Å²) < 4.78 is 42.4. The molecule has 32 heavy (non-hydrogen) atoms. The van der Waals surface area contributed by atoms with Crippen LogP contribution in [0.4, 0.5) is 10.1 Å². The van der Waals surface area contributed by atoms with Crippen molar-refractivity contribution in [3.05, 3.63) is 59.4 Å². The van der Waals surface area contributed by atoms with Crippen LogP contribution < -0.4 is 9.46 Å². The molecule has 3 rings (SSSR count). The van der Waals surface area contributed by atoms with E-state index in [1.165, 1.54) is 37.4 Å². The number of nitrogens with one attached hydrogen (secondary N) is 1.